The van der Waals surface area contributed by atoms with Gasteiger partial charge < -0.3 is 9.80 Å². The van der Waals surface area contributed by atoms with Crippen LogP contribution < -0.4 is 4.90 Å². The number of carbonyl (C=O) groups is 1. The molecule has 0 aliphatic carbocycles. The highest BCUT2D eigenvalue weighted by Crippen LogP contribution is 2.35. The molecule has 3 rings (SSSR count). The highest BCUT2D eigenvalue weighted by atomic mass is 35.5. The van der Waals surface area contributed by atoms with Gasteiger partial charge in [-0.05, 0) is 18.9 Å². The van der Waals surface area contributed by atoms with Crippen molar-refractivity contribution in [2.24, 2.45) is 5.92 Å². The van der Waals surface area contributed by atoms with E-state index in [-0.39, 0.29) is 16.8 Å². The normalized spacial score (nSPS) is 22.2. The number of halogens is 4. The van der Waals surface area contributed by atoms with Crippen LogP contribution in [-0.4, -0.2) is 53.5 Å². The zero-order valence-electron chi connectivity index (χ0n) is 13.6. The molecule has 0 N–H and O–H groups in total. The van der Waals surface area contributed by atoms with Gasteiger partial charge in [0.2, 0.25) is 5.91 Å². The van der Waals surface area contributed by atoms with Gasteiger partial charge in [0.25, 0.3) is 0 Å². The van der Waals surface area contributed by atoms with Gasteiger partial charge in [-0.3, -0.25) is 4.79 Å². The van der Waals surface area contributed by atoms with Crippen LogP contribution in [0.25, 0.3) is 0 Å². The van der Waals surface area contributed by atoms with Gasteiger partial charge in [-0.2, -0.15) is 24.9 Å². The quantitative estimate of drug-likeness (QED) is 0.770. The van der Waals surface area contributed by atoms with Gasteiger partial charge in [-0.15, -0.1) is 0 Å². The Morgan fingerprint density at radius 1 is 1.28 bits per heavy atom. The zero-order valence-corrected chi connectivity index (χ0v) is 15.1. The first-order valence-corrected chi connectivity index (χ1v) is 9.74. The van der Waals surface area contributed by atoms with E-state index in [1.165, 1.54) is 0 Å². The molecule has 0 saturated carbocycles. The maximum Gasteiger partial charge on any atom is 0.417 e. The molecule has 9 heteroatoms. The van der Waals surface area contributed by atoms with E-state index in [1.807, 2.05) is 21.6 Å². The lowest BCUT2D eigenvalue weighted by Crippen LogP contribution is -2.47. The van der Waals surface area contributed by atoms with Crippen molar-refractivity contribution in [3.8, 4) is 0 Å². The third-order valence-electron chi connectivity index (χ3n) is 4.54. The average Bonchev–Trinajstić information content (AvgIpc) is 2.61. The Kier molecular flexibility index (Phi) is 5.68. The van der Waals surface area contributed by atoms with Crippen LogP contribution in [-0.2, 0) is 11.0 Å². The average molecular weight is 394 g/mol. The van der Waals surface area contributed by atoms with Gasteiger partial charge in [0.15, 0.2) is 0 Å². The molecule has 0 bridgehead atoms. The molecule has 1 unspecified atom stereocenters. The Hall–Kier alpha value is -1.15. The third-order valence-corrected chi connectivity index (χ3v) is 5.76. The van der Waals surface area contributed by atoms with Crippen LogP contribution in [0.3, 0.4) is 0 Å². The van der Waals surface area contributed by atoms with E-state index in [0.717, 1.165) is 49.7 Å². The Bertz CT molecular complexity index is 638. The molecule has 2 saturated heterocycles. The first kappa shape index (κ1) is 18.6. The number of hydrogen-bond donors (Lipinski definition) is 0. The largest absolute Gasteiger partial charge is 0.417 e. The van der Waals surface area contributed by atoms with E-state index < -0.39 is 11.7 Å². The molecule has 25 heavy (non-hydrogen) atoms. The second kappa shape index (κ2) is 7.61. The summed E-state index contributed by atoms with van der Waals surface area (Å²) in [5.41, 5.74) is -0.864. The maximum atomic E-state index is 12.8. The first-order valence-electron chi connectivity index (χ1n) is 8.20. The van der Waals surface area contributed by atoms with E-state index >= 15 is 0 Å². The topological polar surface area (TPSA) is 36.4 Å². The summed E-state index contributed by atoms with van der Waals surface area (Å²) in [5, 5.41) is -0.0303. The summed E-state index contributed by atoms with van der Waals surface area (Å²) in [6.07, 6.45) is -2.09. The minimum atomic E-state index is -4.47. The zero-order chi connectivity index (χ0) is 18.0. The summed E-state index contributed by atoms with van der Waals surface area (Å²) in [6, 6.07) is 0.900. The third kappa shape index (κ3) is 4.34. The van der Waals surface area contributed by atoms with Crippen molar-refractivity contribution >= 4 is 35.1 Å². The molecule has 0 aromatic carbocycles. The van der Waals surface area contributed by atoms with Gasteiger partial charge in [-0.25, -0.2) is 4.98 Å². The number of amides is 1. The smallest absolute Gasteiger partial charge is 0.355 e. The summed E-state index contributed by atoms with van der Waals surface area (Å²) in [4.78, 5) is 20.3. The SMILES string of the molecule is O=C(C1CCCN(c2ncc(C(F)(F)F)cc2Cl)C1)N1CCSCC1. The number of nitrogens with zero attached hydrogens (tertiary/aromatic N) is 3. The van der Waals surface area contributed by atoms with E-state index in [0.29, 0.717) is 18.9 Å². The lowest BCUT2D eigenvalue weighted by atomic mass is 9.96. The molecular formula is C16H19ClF3N3OS. The van der Waals surface area contributed by atoms with Crippen molar-refractivity contribution in [3.63, 3.8) is 0 Å². The van der Waals surface area contributed by atoms with Crippen LogP contribution >= 0.6 is 23.4 Å². The van der Waals surface area contributed by atoms with Crippen LogP contribution in [0.2, 0.25) is 5.02 Å². The van der Waals surface area contributed by atoms with Gasteiger partial charge in [0, 0.05) is 43.9 Å². The number of aromatic nitrogens is 1. The number of alkyl halides is 3. The number of rotatable bonds is 2. The summed E-state index contributed by atoms with van der Waals surface area (Å²) >= 11 is 7.88. The van der Waals surface area contributed by atoms with E-state index in [9.17, 15) is 18.0 Å². The van der Waals surface area contributed by atoms with Crippen molar-refractivity contribution < 1.29 is 18.0 Å². The van der Waals surface area contributed by atoms with Crippen LogP contribution in [0.15, 0.2) is 12.3 Å². The van der Waals surface area contributed by atoms with Gasteiger partial charge in [0.1, 0.15) is 5.82 Å². The first-order chi connectivity index (χ1) is 11.9. The Morgan fingerprint density at radius 2 is 2.00 bits per heavy atom. The predicted molar refractivity (Wildman–Crippen MR) is 93.1 cm³/mol. The van der Waals surface area contributed by atoms with Crippen molar-refractivity contribution in [1.29, 1.82) is 0 Å². The van der Waals surface area contributed by atoms with Crippen molar-refractivity contribution in [3.05, 3.63) is 22.8 Å². The molecular weight excluding hydrogens is 375 g/mol. The van der Waals surface area contributed by atoms with Crippen molar-refractivity contribution in [1.82, 2.24) is 9.88 Å². The number of carbonyl (C=O) groups excluding carboxylic acids is 1. The molecule has 3 heterocycles. The fourth-order valence-electron chi connectivity index (χ4n) is 3.23. The second-order valence-corrected chi connectivity index (χ2v) is 7.88. The fraction of sp³-hybridized carbons (Fsp3) is 0.625. The van der Waals surface area contributed by atoms with Crippen LogP contribution in [0.4, 0.5) is 19.0 Å². The molecule has 2 aliphatic rings. The lowest BCUT2D eigenvalue weighted by molar-refractivity contribution is -0.138. The molecule has 1 atom stereocenters. The second-order valence-electron chi connectivity index (χ2n) is 6.25. The predicted octanol–water partition coefficient (Wildman–Crippen LogP) is 3.55. The monoisotopic (exact) mass is 393 g/mol. The minimum Gasteiger partial charge on any atom is -0.355 e. The molecule has 1 aromatic heterocycles. The van der Waals surface area contributed by atoms with Gasteiger partial charge in [0.05, 0.1) is 16.5 Å². The summed E-state index contributed by atoms with van der Waals surface area (Å²) in [6.45, 7) is 2.61. The standard InChI is InChI=1S/C16H19ClF3N3OS/c17-13-8-12(16(18,19)20)9-21-14(13)23-3-1-2-11(10-23)15(24)22-4-6-25-7-5-22/h8-9,11H,1-7,10H2. The summed E-state index contributed by atoms with van der Waals surface area (Å²) in [5.74, 6) is 2.20. The molecule has 0 radical (unpaired) electrons. The molecule has 2 aliphatic heterocycles. The number of piperidine rings is 1. The lowest BCUT2D eigenvalue weighted by Gasteiger charge is -2.37. The summed E-state index contributed by atoms with van der Waals surface area (Å²) in [7, 11) is 0. The Balaban J connectivity index is 1.72. The van der Waals surface area contributed by atoms with Gasteiger partial charge >= 0.3 is 6.18 Å². The molecule has 1 aromatic rings. The number of pyridine rings is 1. The highest BCUT2D eigenvalue weighted by molar-refractivity contribution is 7.99. The van der Waals surface area contributed by atoms with Crippen LogP contribution in [0.5, 0.6) is 0 Å². The Morgan fingerprint density at radius 3 is 2.64 bits per heavy atom. The van der Waals surface area contributed by atoms with Crippen molar-refractivity contribution in [2.45, 2.75) is 19.0 Å². The summed E-state index contributed by atoms with van der Waals surface area (Å²) < 4.78 is 38.3. The number of hydrogen-bond acceptors (Lipinski definition) is 4. The van der Waals surface area contributed by atoms with E-state index in [2.05, 4.69) is 4.98 Å². The van der Waals surface area contributed by atoms with Crippen LogP contribution in [0.1, 0.15) is 18.4 Å². The minimum absolute atomic E-state index is 0.0303. The van der Waals surface area contributed by atoms with Gasteiger partial charge in [-0.1, -0.05) is 11.6 Å². The number of anilines is 1. The number of thioether (sulfide) groups is 1. The Labute approximate surface area is 153 Å². The molecule has 0 spiro atoms. The van der Waals surface area contributed by atoms with Crippen LogP contribution in [0, 0.1) is 5.92 Å². The van der Waals surface area contributed by atoms with Crippen molar-refractivity contribution in [2.75, 3.05) is 42.6 Å². The van der Waals surface area contributed by atoms with E-state index in [4.69, 9.17) is 11.6 Å². The molecule has 2 fully saturated rings. The molecule has 138 valence electrons. The molecule has 1 amide bonds. The highest BCUT2D eigenvalue weighted by Gasteiger charge is 2.34. The fourth-order valence-corrected chi connectivity index (χ4v) is 4.42. The molecule has 4 nitrogen and oxygen atoms in total. The van der Waals surface area contributed by atoms with E-state index in [1.54, 1.807) is 0 Å². The maximum absolute atomic E-state index is 12.8.